The number of ketones is 1. The van der Waals surface area contributed by atoms with Gasteiger partial charge in [-0.15, -0.1) is 0 Å². The lowest BCUT2D eigenvalue weighted by Crippen LogP contribution is -2.46. The van der Waals surface area contributed by atoms with Crippen molar-refractivity contribution in [3.63, 3.8) is 0 Å². The maximum Gasteiger partial charge on any atom is 0.312 e. The molecule has 0 spiro atoms. The van der Waals surface area contributed by atoms with Gasteiger partial charge in [-0.2, -0.15) is 0 Å². The second-order valence-electron chi connectivity index (χ2n) is 16.3. The smallest absolute Gasteiger partial charge is 0.312 e. The lowest BCUT2D eigenvalue weighted by Gasteiger charge is -2.38. The summed E-state index contributed by atoms with van der Waals surface area (Å²) in [5, 5.41) is 60.9. The zero-order chi connectivity index (χ0) is 43.0. The van der Waals surface area contributed by atoms with Crippen LogP contribution in [0.5, 0.6) is 23.0 Å². The van der Waals surface area contributed by atoms with Crippen LogP contribution < -0.4 is 10.1 Å². The van der Waals surface area contributed by atoms with Crippen molar-refractivity contribution in [3.05, 3.63) is 52.8 Å². The van der Waals surface area contributed by atoms with Crippen LogP contribution in [0, 0.1) is 30.6 Å². The lowest BCUT2D eigenvalue weighted by atomic mass is 9.78. The molecule has 15 heteroatoms. The second-order valence-corrected chi connectivity index (χ2v) is 16.3. The molecular formula is C43H59N3O12. The number of allylic oxidation sites excluding steroid dienone is 2. The Labute approximate surface area is 339 Å². The van der Waals surface area contributed by atoms with E-state index < -0.39 is 88.8 Å². The van der Waals surface area contributed by atoms with Gasteiger partial charge in [-0.25, -0.2) is 0 Å². The molecule has 1 fully saturated rings. The normalized spacial score (nSPS) is 31.7. The SMILES string of the molecule is CO[C@@H]1/C=C\O[C@]2(C)Oc3c(C)c(O)c4c(O)c(c(CN5CCN(C)CC5)c(O)c4c3C2=O)NC(=O)C(C)=C/C=C\[C@@H](C)[C@@H](O)[C@H](C)[C@@H](O)[C@H](C)[C@H](OC(C)=O)[C@@H]1C. The number of Topliss-reactive ketones (excluding diaryl/α,β-unsaturated/α-hetero) is 1. The fraction of sp³-hybridized carbons (Fsp3) is 0.558. The van der Waals surface area contributed by atoms with Crippen LogP contribution >= 0.6 is 0 Å². The van der Waals surface area contributed by atoms with Gasteiger partial charge in [0.25, 0.3) is 11.7 Å². The number of phenolic OH excluding ortho intramolecular Hbond substituents is 3. The van der Waals surface area contributed by atoms with E-state index in [4.69, 9.17) is 18.9 Å². The van der Waals surface area contributed by atoms with Crippen molar-refractivity contribution in [1.29, 1.82) is 0 Å². The number of ether oxygens (including phenoxy) is 4. The van der Waals surface area contributed by atoms with Crippen molar-refractivity contribution in [2.24, 2.45) is 23.7 Å². The fourth-order valence-electron chi connectivity index (χ4n) is 8.17. The number of piperazine rings is 1. The number of phenols is 3. The summed E-state index contributed by atoms with van der Waals surface area (Å²) in [6, 6.07) is 0. The molecule has 4 heterocycles. The topological polar surface area (TPSA) is 208 Å². The van der Waals surface area contributed by atoms with E-state index in [2.05, 4.69) is 10.2 Å². The van der Waals surface area contributed by atoms with Crippen molar-refractivity contribution >= 4 is 34.1 Å². The highest BCUT2D eigenvalue weighted by Gasteiger charge is 2.50. The fourth-order valence-corrected chi connectivity index (χ4v) is 8.17. The Morgan fingerprint density at radius 2 is 1.59 bits per heavy atom. The van der Waals surface area contributed by atoms with E-state index in [9.17, 15) is 39.9 Å². The molecule has 1 amide bonds. The minimum absolute atomic E-state index is 0.0565. The number of benzene rings is 2. The predicted molar refractivity (Wildman–Crippen MR) is 217 cm³/mol. The number of carbonyl (C=O) groups excluding carboxylic acids is 3. The number of amides is 1. The quantitative estimate of drug-likeness (QED) is 0.143. The highest BCUT2D eigenvalue weighted by molar-refractivity contribution is 6.22. The molecule has 58 heavy (non-hydrogen) atoms. The molecule has 4 aliphatic heterocycles. The van der Waals surface area contributed by atoms with Crippen molar-refractivity contribution in [3.8, 4) is 23.0 Å². The largest absolute Gasteiger partial charge is 0.507 e. The van der Waals surface area contributed by atoms with Crippen molar-refractivity contribution in [2.75, 3.05) is 45.7 Å². The van der Waals surface area contributed by atoms with E-state index in [-0.39, 0.29) is 51.0 Å². The minimum Gasteiger partial charge on any atom is -0.507 e. The number of aliphatic hydroxyl groups excluding tert-OH is 2. The Kier molecular flexibility index (Phi) is 13.5. The van der Waals surface area contributed by atoms with Gasteiger partial charge in [0.2, 0.25) is 0 Å². The summed E-state index contributed by atoms with van der Waals surface area (Å²) in [5.41, 5.74) is 0.176. The molecule has 318 valence electrons. The number of fused-ring (bicyclic) bond motifs is 14. The number of aliphatic hydroxyl groups is 2. The summed E-state index contributed by atoms with van der Waals surface area (Å²) in [6.07, 6.45) is 3.73. The number of likely N-dealkylation sites (N-methyl/N-ethyl adjacent to an activating group) is 1. The van der Waals surface area contributed by atoms with E-state index in [0.717, 1.165) is 13.1 Å². The molecule has 0 radical (unpaired) electrons. The van der Waals surface area contributed by atoms with Gasteiger partial charge in [0.05, 0.1) is 41.2 Å². The molecule has 0 aromatic heterocycles. The van der Waals surface area contributed by atoms with Crippen LogP contribution in [0.15, 0.2) is 36.1 Å². The standard InChI is InChI=1S/C43H59N3O12/c1-21-12-11-13-22(2)42(54)44-33-28(20-46-17-15-45(9)16-18-46)37(51)30-31(38(33)52)36(50)26(6)40-32(30)41(53)43(8,58-40)56-19-14-29(55-10)23(3)39(57-27(7)47)25(5)35(49)24(4)34(21)48/h11-14,19,21,23-25,29,34-35,39,48-52H,15-18,20H2,1-10H3,(H,44,54)/b12-11-,19-14-,22-13?/t21-,23-,24+,25+,29-,34-,35-,39-,43-/m1/s1. The first-order valence-corrected chi connectivity index (χ1v) is 19.7. The van der Waals surface area contributed by atoms with Gasteiger partial charge < -0.3 is 54.7 Å². The molecule has 15 nitrogen and oxygen atoms in total. The number of nitrogens with zero attached hydrogens (tertiary/aromatic N) is 2. The highest BCUT2D eigenvalue weighted by atomic mass is 16.7. The predicted octanol–water partition coefficient (Wildman–Crippen LogP) is 4.50. The Balaban J connectivity index is 1.70. The average Bonchev–Trinajstić information content (AvgIpc) is 3.45. The zero-order valence-corrected chi connectivity index (χ0v) is 35.0. The van der Waals surface area contributed by atoms with E-state index in [1.165, 1.54) is 46.3 Å². The number of anilines is 1. The maximum absolute atomic E-state index is 14.4. The van der Waals surface area contributed by atoms with Crippen molar-refractivity contribution < 1.29 is 58.9 Å². The van der Waals surface area contributed by atoms with Crippen LogP contribution in [-0.2, 0) is 30.3 Å². The van der Waals surface area contributed by atoms with E-state index in [1.807, 2.05) is 11.9 Å². The first-order valence-electron chi connectivity index (χ1n) is 19.7. The molecule has 6 rings (SSSR count). The molecule has 2 aromatic rings. The van der Waals surface area contributed by atoms with Gasteiger partial charge in [0, 0.05) is 99.4 Å². The van der Waals surface area contributed by atoms with Gasteiger partial charge in [0.15, 0.2) is 5.75 Å². The molecular weight excluding hydrogens is 750 g/mol. The van der Waals surface area contributed by atoms with E-state index in [0.29, 0.717) is 13.1 Å². The summed E-state index contributed by atoms with van der Waals surface area (Å²) < 4.78 is 23.7. The monoisotopic (exact) mass is 809 g/mol. The summed E-state index contributed by atoms with van der Waals surface area (Å²) in [7, 11) is 3.44. The van der Waals surface area contributed by atoms with Gasteiger partial charge in [-0.3, -0.25) is 19.3 Å². The maximum atomic E-state index is 14.4. The molecule has 0 unspecified atom stereocenters. The van der Waals surface area contributed by atoms with Crippen LogP contribution in [0.1, 0.15) is 70.0 Å². The number of esters is 1. The lowest BCUT2D eigenvalue weighted by molar-refractivity contribution is -0.160. The number of carbonyl (C=O) groups is 3. The van der Waals surface area contributed by atoms with E-state index >= 15 is 0 Å². The van der Waals surface area contributed by atoms with Crippen LogP contribution in [0.3, 0.4) is 0 Å². The van der Waals surface area contributed by atoms with Crippen LogP contribution in [0.4, 0.5) is 5.69 Å². The molecule has 0 aliphatic carbocycles. The summed E-state index contributed by atoms with van der Waals surface area (Å²) in [6.45, 7) is 15.4. The molecule has 4 aliphatic rings. The van der Waals surface area contributed by atoms with Crippen LogP contribution in [-0.4, -0.2) is 124 Å². The van der Waals surface area contributed by atoms with Crippen LogP contribution in [0.25, 0.3) is 10.8 Å². The number of methoxy groups -OCH3 is 1. The number of rotatable bonds is 4. The second kappa shape index (κ2) is 17.7. The summed E-state index contributed by atoms with van der Waals surface area (Å²) in [5.74, 6) is -7.86. The van der Waals surface area contributed by atoms with E-state index in [1.54, 1.807) is 46.8 Å². The van der Waals surface area contributed by atoms with Gasteiger partial charge >= 0.3 is 11.8 Å². The third-order valence-corrected chi connectivity index (χ3v) is 12.1. The minimum atomic E-state index is -2.01. The zero-order valence-electron chi connectivity index (χ0n) is 35.0. The molecule has 9 atom stereocenters. The molecule has 2 aromatic carbocycles. The summed E-state index contributed by atoms with van der Waals surface area (Å²) >= 11 is 0. The highest BCUT2D eigenvalue weighted by Crippen LogP contribution is 2.55. The third-order valence-electron chi connectivity index (χ3n) is 12.1. The molecule has 1 saturated heterocycles. The third kappa shape index (κ3) is 8.55. The Morgan fingerprint density at radius 3 is 2.21 bits per heavy atom. The van der Waals surface area contributed by atoms with Crippen molar-refractivity contribution in [1.82, 2.24) is 9.80 Å². The summed E-state index contributed by atoms with van der Waals surface area (Å²) in [4.78, 5) is 44.7. The number of hydrogen-bond donors (Lipinski definition) is 6. The first-order chi connectivity index (χ1) is 27.2. The Bertz CT molecular complexity index is 2000. The van der Waals surface area contributed by atoms with Gasteiger partial charge in [-0.1, -0.05) is 45.9 Å². The number of aromatic hydroxyl groups is 3. The van der Waals surface area contributed by atoms with Gasteiger partial charge in [0.1, 0.15) is 23.4 Å². The first kappa shape index (κ1) is 44.4. The Hall–Kier alpha value is -4.67. The van der Waals surface area contributed by atoms with Crippen molar-refractivity contribution in [2.45, 2.75) is 92.1 Å². The molecule has 6 N–H and O–H groups in total. The molecule has 0 saturated carbocycles. The average molecular weight is 810 g/mol. The van der Waals surface area contributed by atoms with Gasteiger partial charge in [-0.05, 0) is 27.0 Å². The number of nitrogens with one attached hydrogen (secondary N) is 1. The Morgan fingerprint density at radius 1 is 0.931 bits per heavy atom. The number of hydrogen-bond acceptors (Lipinski definition) is 14. The molecule has 5 bridgehead atoms. The van der Waals surface area contributed by atoms with Crippen LogP contribution in [0.2, 0.25) is 0 Å².